The van der Waals surface area contributed by atoms with E-state index in [2.05, 4.69) is 18.8 Å². The maximum absolute atomic E-state index is 12.0. The van der Waals surface area contributed by atoms with Crippen LogP contribution in [0.5, 0.6) is 0 Å². The smallest absolute Gasteiger partial charge is 0.255 e. The predicted octanol–water partition coefficient (Wildman–Crippen LogP) is 3.20. The molecule has 4 heteroatoms. The van der Waals surface area contributed by atoms with Gasteiger partial charge < -0.3 is 4.98 Å². The molecule has 0 bridgehead atoms. The number of hydrogen-bond acceptors (Lipinski definition) is 3. The number of H-pyrrole nitrogens is 1. The Kier molecular flexibility index (Phi) is 3.00. The van der Waals surface area contributed by atoms with E-state index < -0.39 is 0 Å². The van der Waals surface area contributed by atoms with E-state index in [1.165, 1.54) is 12.8 Å². The summed E-state index contributed by atoms with van der Waals surface area (Å²) in [6.07, 6.45) is 4.77. The van der Waals surface area contributed by atoms with Crippen molar-refractivity contribution >= 4 is 11.8 Å². The van der Waals surface area contributed by atoms with Crippen LogP contribution >= 0.6 is 11.8 Å². The number of aromatic nitrogens is 2. The van der Waals surface area contributed by atoms with Gasteiger partial charge in [-0.3, -0.25) is 4.79 Å². The normalized spacial score (nSPS) is 23.0. The molecule has 1 aliphatic heterocycles. The summed E-state index contributed by atoms with van der Waals surface area (Å²) in [5, 5.41) is 0. The zero-order chi connectivity index (χ0) is 12.8. The third kappa shape index (κ3) is 2.22. The molecule has 2 aliphatic rings. The first-order chi connectivity index (χ1) is 8.55. The van der Waals surface area contributed by atoms with E-state index >= 15 is 0 Å². The zero-order valence-electron chi connectivity index (χ0n) is 11.1. The van der Waals surface area contributed by atoms with Crippen LogP contribution in [0.2, 0.25) is 0 Å². The van der Waals surface area contributed by atoms with Crippen molar-refractivity contribution in [1.82, 2.24) is 9.97 Å². The highest BCUT2D eigenvalue weighted by Gasteiger charge is 2.29. The van der Waals surface area contributed by atoms with Gasteiger partial charge in [-0.05, 0) is 31.1 Å². The summed E-state index contributed by atoms with van der Waals surface area (Å²) in [4.78, 5) is 19.7. The van der Waals surface area contributed by atoms with Crippen molar-refractivity contribution in [1.29, 1.82) is 0 Å². The van der Waals surface area contributed by atoms with Crippen LogP contribution in [0.1, 0.15) is 62.5 Å². The van der Waals surface area contributed by atoms with Crippen LogP contribution in [0.4, 0.5) is 0 Å². The topological polar surface area (TPSA) is 45.8 Å². The van der Waals surface area contributed by atoms with Crippen molar-refractivity contribution in [3.63, 3.8) is 0 Å². The predicted molar refractivity (Wildman–Crippen MR) is 74.8 cm³/mol. The lowest BCUT2D eigenvalue weighted by Crippen LogP contribution is -2.24. The van der Waals surface area contributed by atoms with Crippen LogP contribution in [-0.2, 0) is 11.5 Å². The minimum absolute atomic E-state index is 0.102. The van der Waals surface area contributed by atoms with Crippen molar-refractivity contribution in [3.8, 4) is 0 Å². The molecule has 1 N–H and O–H groups in total. The number of rotatable bonds is 1. The van der Waals surface area contributed by atoms with Gasteiger partial charge in [-0.25, -0.2) is 4.98 Å². The number of nitrogens with one attached hydrogen (secondary N) is 1. The maximum Gasteiger partial charge on any atom is 0.255 e. The fourth-order valence-electron chi connectivity index (χ4n) is 2.95. The average Bonchev–Trinajstić information content (AvgIpc) is 2.77. The van der Waals surface area contributed by atoms with Crippen LogP contribution in [0.3, 0.4) is 0 Å². The minimum atomic E-state index is 0.102. The highest BCUT2D eigenvalue weighted by Crippen LogP contribution is 2.41. The summed E-state index contributed by atoms with van der Waals surface area (Å²) < 4.78 is 0. The van der Waals surface area contributed by atoms with Crippen LogP contribution in [0.25, 0.3) is 0 Å². The summed E-state index contributed by atoms with van der Waals surface area (Å²) in [5.41, 5.74) is 2.50. The Bertz CT molecular complexity index is 511. The molecular weight excluding hydrogens is 244 g/mol. The van der Waals surface area contributed by atoms with Gasteiger partial charge in [0.1, 0.15) is 5.82 Å². The zero-order valence-corrected chi connectivity index (χ0v) is 11.9. The second-order valence-corrected chi connectivity index (χ2v) is 7.29. The molecule has 0 amide bonds. The van der Waals surface area contributed by atoms with Gasteiger partial charge in [0.2, 0.25) is 0 Å². The minimum Gasteiger partial charge on any atom is -0.310 e. The first-order valence-corrected chi connectivity index (χ1v) is 7.90. The maximum atomic E-state index is 12.0. The molecule has 1 aliphatic carbocycles. The highest BCUT2D eigenvalue weighted by molar-refractivity contribution is 7.98. The summed E-state index contributed by atoms with van der Waals surface area (Å²) in [7, 11) is 0. The number of aromatic amines is 1. The van der Waals surface area contributed by atoms with E-state index in [1.54, 1.807) is 11.8 Å². The molecule has 98 valence electrons. The lowest BCUT2D eigenvalue weighted by atomic mass is 9.73. The summed E-state index contributed by atoms with van der Waals surface area (Å²) >= 11 is 1.79. The Morgan fingerprint density at radius 1 is 1.28 bits per heavy atom. The molecule has 0 saturated heterocycles. The van der Waals surface area contributed by atoms with Gasteiger partial charge in [-0.1, -0.05) is 13.8 Å². The molecule has 1 fully saturated rings. The fraction of sp³-hybridized carbons (Fsp3) is 0.714. The second kappa shape index (κ2) is 4.41. The van der Waals surface area contributed by atoms with E-state index in [0.717, 1.165) is 41.4 Å². The van der Waals surface area contributed by atoms with Crippen LogP contribution in [0.15, 0.2) is 4.79 Å². The Morgan fingerprint density at radius 3 is 2.72 bits per heavy atom. The molecule has 18 heavy (non-hydrogen) atoms. The second-order valence-electron chi connectivity index (χ2n) is 6.31. The molecule has 0 radical (unpaired) electrons. The van der Waals surface area contributed by atoms with E-state index in [9.17, 15) is 4.79 Å². The van der Waals surface area contributed by atoms with E-state index in [0.29, 0.717) is 11.3 Å². The SMILES string of the molecule is CC1(C)CCC(c2nc3c(c(=O)[nH]2)CSC3)CC1. The Balaban J connectivity index is 1.86. The van der Waals surface area contributed by atoms with Gasteiger partial charge in [0.05, 0.1) is 5.69 Å². The molecule has 2 heterocycles. The molecule has 0 atom stereocenters. The molecule has 0 spiro atoms. The lowest BCUT2D eigenvalue weighted by molar-refractivity contribution is 0.220. The molecule has 0 aromatic carbocycles. The number of thioether (sulfide) groups is 1. The van der Waals surface area contributed by atoms with E-state index in [-0.39, 0.29) is 5.56 Å². The van der Waals surface area contributed by atoms with Gasteiger partial charge >= 0.3 is 0 Å². The average molecular weight is 264 g/mol. The summed E-state index contributed by atoms with van der Waals surface area (Å²) in [5.74, 6) is 3.14. The van der Waals surface area contributed by atoms with Crippen molar-refractivity contribution < 1.29 is 0 Å². The van der Waals surface area contributed by atoms with Crippen molar-refractivity contribution in [2.75, 3.05) is 0 Å². The molecule has 3 rings (SSSR count). The van der Waals surface area contributed by atoms with E-state index in [4.69, 9.17) is 4.98 Å². The third-order valence-corrected chi connectivity index (χ3v) is 5.30. The van der Waals surface area contributed by atoms with E-state index in [1.807, 2.05) is 0 Å². The number of fused-ring (bicyclic) bond motifs is 1. The molecule has 0 unspecified atom stereocenters. The lowest BCUT2D eigenvalue weighted by Gasteiger charge is -2.33. The number of nitrogens with zero attached hydrogens (tertiary/aromatic N) is 1. The van der Waals surface area contributed by atoms with Gasteiger partial charge in [0.25, 0.3) is 5.56 Å². The quantitative estimate of drug-likeness (QED) is 0.847. The fourth-order valence-corrected chi connectivity index (χ4v) is 3.98. The first kappa shape index (κ1) is 12.3. The Hall–Kier alpha value is -0.770. The Morgan fingerprint density at radius 2 is 2.00 bits per heavy atom. The van der Waals surface area contributed by atoms with Crippen LogP contribution in [0, 0.1) is 5.41 Å². The summed E-state index contributed by atoms with van der Waals surface area (Å²) in [6.45, 7) is 4.66. The molecule has 3 nitrogen and oxygen atoms in total. The monoisotopic (exact) mass is 264 g/mol. The van der Waals surface area contributed by atoms with Crippen LogP contribution < -0.4 is 5.56 Å². The standard InChI is InChI=1S/C14H20N2OS/c1-14(2)5-3-9(4-6-14)12-15-11-8-18-7-10(11)13(17)16-12/h9H,3-8H2,1-2H3,(H,15,16,17). The molecule has 1 saturated carbocycles. The summed E-state index contributed by atoms with van der Waals surface area (Å²) in [6, 6.07) is 0. The van der Waals surface area contributed by atoms with Gasteiger partial charge in [0.15, 0.2) is 0 Å². The van der Waals surface area contributed by atoms with Gasteiger partial charge in [0, 0.05) is 23.0 Å². The molecule has 1 aromatic heterocycles. The largest absolute Gasteiger partial charge is 0.310 e. The molecule has 1 aromatic rings. The van der Waals surface area contributed by atoms with Gasteiger partial charge in [-0.2, -0.15) is 11.8 Å². The number of hydrogen-bond donors (Lipinski definition) is 1. The first-order valence-electron chi connectivity index (χ1n) is 6.75. The third-order valence-electron chi connectivity index (χ3n) is 4.33. The van der Waals surface area contributed by atoms with Crippen molar-refractivity contribution in [2.24, 2.45) is 5.41 Å². The van der Waals surface area contributed by atoms with Crippen LogP contribution in [-0.4, -0.2) is 9.97 Å². The van der Waals surface area contributed by atoms with Gasteiger partial charge in [-0.15, -0.1) is 0 Å². The Labute approximate surface area is 112 Å². The van der Waals surface area contributed by atoms with Crippen molar-refractivity contribution in [2.45, 2.75) is 57.0 Å². The highest BCUT2D eigenvalue weighted by atomic mass is 32.2. The van der Waals surface area contributed by atoms with Crippen molar-refractivity contribution in [3.05, 3.63) is 27.4 Å². The molecular formula is C14H20N2OS.